The summed E-state index contributed by atoms with van der Waals surface area (Å²) in [5, 5.41) is 27.3. The van der Waals surface area contributed by atoms with E-state index >= 15 is 0 Å². The van der Waals surface area contributed by atoms with E-state index in [9.17, 15) is 15.0 Å². The normalized spacial score (nSPS) is 28.5. The van der Waals surface area contributed by atoms with E-state index in [4.69, 9.17) is 17.3 Å². The van der Waals surface area contributed by atoms with Gasteiger partial charge < -0.3 is 31.1 Å². The Morgan fingerprint density at radius 1 is 1.41 bits per heavy atom. The van der Waals surface area contributed by atoms with Crippen molar-refractivity contribution < 1.29 is 15.0 Å². The van der Waals surface area contributed by atoms with Crippen LogP contribution in [0.4, 0.5) is 11.5 Å². The van der Waals surface area contributed by atoms with Crippen molar-refractivity contribution in [3.63, 3.8) is 0 Å². The molecule has 0 aliphatic heterocycles. The molecule has 0 saturated heterocycles. The van der Waals surface area contributed by atoms with E-state index in [1.165, 1.54) is 7.05 Å². The summed E-state index contributed by atoms with van der Waals surface area (Å²) in [7, 11) is 1.53. The van der Waals surface area contributed by atoms with Gasteiger partial charge in [-0.3, -0.25) is 4.79 Å². The van der Waals surface area contributed by atoms with Gasteiger partial charge in [0.25, 0.3) is 0 Å². The third-order valence-corrected chi connectivity index (χ3v) is 7.67. The monoisotopic (exact) mass is 569 g/mol. The number of nitrogens with zero attached hydrogens (tertiary/aromatic N) is 4. The van der Waals surface area contributed by atoms with Crippen LogP contribution in [0.5, 0.6) is 0 Å². The highest BCUT2D eigenvalue weighted by Crippen LogP contribution is 2.67. The number of benzene rings is 1. The second-order valence-electron chi connectivity index (χ2n) is 8.23. The number of hydrogen-bond acceptors (Lipinski definition) is 8. The predicted octanol–water partition coefficient (Wildman–Crippen LogP) is 1.31. The first-order valence-corrected chi connectivity index (χ1v) is 11.5. The molecule has 6 N–H and O–H groups in total. The zero-order valence-corrected chi connectivity index (χ0v) is 19.9. The number of nitrogens with one attached hydrogen (secondary N) is 2. The average Bonchev–Trinajstić information content (AvgIpc) is 3.31. The van der Waals surface area contributed by atoms with Crippen molar-refractivity contribution in [3.05, 3.63) is 38.9 Å². The zero-order chi connectivity index (χ0) is 22.8. The van der Waals surface area contributed by atoms with Gasteiger partial charge in [-0.15, -0.1) is 0 Å². The Hall–Kier alpha value is -2.22. The number of anilines is 2. The van der Waals surface area contributed by atoms with Crippen molar-refractivity contribution in [1.29, 1.82) is 0 Å². The van der Waals surface area contributed by atoms with Crippen LogP contribution in [0.1, 0.15) is 18.0 Å². The smallest absolute Gasteiger partial charge is 0.229 e. The highest BCUT2D eigenvalue weighted by molar-refractivity contribution is 14.1. The summed E-state index contributed by atoms with van der Waals surface area (Å²) in [6.45, 7) is 0.471. The lowest BCUT2D eigenvalue weighted by molar-refractivity contribution is -0.132. The Morgan fingerprint density at radius 3 is 2.91 bits per heavy atom. The maximum atomic E-state index is 12.4. The standard InChI is InChI=1S/C20H21ClIN7O3/c1-24-18(32)20-5-9(20)13(14(30)15(20)31)29-7-26-12-16(27-19(21)28-17(12)29)25-6-8-2-3-11(23)10(22)4-8/h2-4,7,9,13-15,30-31H,5-6,23H2,1H3,(H,24,32)(H,25,27,28)/t9-,13-,14+,15+,20-/m1/s1. The van der Waals surface area contributed by atoms with Crippen molar-refractivity contribution >= 4 is 62.8 Å². The SMILES string of the molecule is CNC(=O)[C@]12C[C@@H]1[C@@H](n1cnc3c(NCc4ccc(N)c(I)c4)nc(Cl)nc31)[C@H](O)[C@@H]2O. The lowest BCUT2D eigenvalue weighted by Crippen LogP contribution is -2.41. The molecule has 0 bridgehead atoms. The summed E-state index contributed by atoms with van der Waals surface area (Å²) in [6.07, 6.45) is -0.274. The quantitative estimate of drug-likeness (QED) is 0.175. The van der Waals surface area contributed by atoms with Crippen molar-refractivity contribution in [2.24, 2.45) is 11.3 Å². The molecule has 0 radical (unpaired) electrons. The number of rotatable bonds is 5. The molecule has 10 nitrogen and oxygen atoms in total. The van der Waals surface area contributed by atoms with Gasteiger partial charge in [-0.25, -0.2) is 4.98 Å². The fourth-order valence-corrected chi connectivity index (χ4v) is 5.63. The number of hydrogen-bond donors (Lipinski definition) is 5. The van der Waals surface area contributed by atoms with Crippen LogP contribution in [-0.2, 0) is 11.3 Å². The minimum absolute atomic E-state index is 0.0232. The molecular weight excluding hydrogens is 549 g/mol. The molecule has 1 amide bonds. The van der Waals surface area contributed by atoms with Crippen LogP contribution in [0, 0.1) is 14.9 Å². The average molecular weight is 570 g/mol. The van der Waals surface area contributed by atoms with Gasteiger partial charge >= 0.3 is 0 Å². The lowest BCUT2D eigenvalue weighted by atomic mass is 9.98. The summed E-state index contributed by atoms with van der Waals surface area (Å²) in [4.78, 5) is 25.5. The molecule has 2 heterocycles. The van der Waals surface area contributed by atoms with Crippen molar-refractivity contribution in [1.82, 2.24) is 24.8 Å². The van der Waals surface area contributed by atoms with Crippen LogP contribution in [-0.4, -0.2) is 54.9 Å². The van der Waals surface area contributed by atoms with Crippen LogP contribution >= 0.6 is 34.2 Å². The van der Waals surface area contributed by atoms with Gasteiger partial charge in [0.05, 0.1) is 23.9 Å². The number of halogens is 2. The van der Waals surface area contributed by atoms with Gasteiger partial charge in [-0.05, 0) is 58.3 Å². The van der Waals surface area contributed by atoms with Crippen molar-refractivity contribution in [2.75, 3.05) is 18.1 Å². The molecule has 0 unspecified atom stereocenters. The van der Waals surface area contributed by atoms with Crippen molar-refractivity contribution in [2.45, 2.75) is 31.2 Å². The topological polar surface area (TPSA) is 151 Å². The van der Waals surface area contributed by atoms with Crippen LogP contribution in [0.3, 0.4) is 0 Å². The fraction of sp³-hybridized carbons (Fsp3) is 0.400. The van der Waals surface area contributed by atoms with Crippen LogP contribution in [0.15, 0.2) is 24.5 Å². The number of fused-ring (bicyclic) bond motifs is 2. The lowest BCUT2D eigenvalue weighted by Gasteiger charge is -2.23. The molecule has 0 spiro atoms. The third kappa shape index (κ3) is 3.13. The van der Waals surface area contributed by atoms with Crippen LogP contribution in [0.2, 0.25) is 5.28 Å². The second kappa shape index (κ2) is 7.68. The summed E-state index contributed by atoms with van der Waals surface area (Å²) >= 11 is 8.38. The molecule has 32 heavy (non-hydrogen) atoms. The number of carbonyl (C=O) groups excluding carboxylic acids is 1. The summed E-state index contributed by atoms with van der Waals surface area (Å²) in [5.41, 5.74) is 7.53. The number of aliphatic hydroxyl groups excluding tert-OH is 2. The maximum absolute atomic E-state index is 12.4. The molecule has 5 rings (SSSR count). The summed E-state index contributed by atoms with van der Waals surface area (Å²) in [6, 6.07) is 5.19. The van der Waals surface area contributed by atoms with E-state index in [2.05, 4.69) is 48.2 Å². The van der Waals surface area contributed by atoms with E-state index in [1.54, 1.807) is 10.9 Å². The number of carbonyl (C=O) groups is 1. The molecule has 2 aliphatic rings. The van der Waals surface area contributed by atoms with Crippen molar-refractivity contribution in [3.8, 4) is 0 Å². The maximum Gasteiger partial charge on any atom is 0.229 e. The van der Waals surface area contributed by atoms with Gasteiger partial charge in [0.1, 0.15) is 6.10 Å². The molecular formula is C20H21ClIN7O3. The van der Waals surface area contributed by atoms with E-state index in [0.717, 1.165) is 9.13 Å². The number of nitrogens with two attached hydrogens (primary N) is 1. The zero-order valence-electron chi connectivity index (χ0n) is 17.0. The van der Waals surface area contributed by atoms with Gasteiger partial charge in [-0.1, -0.05) is 6.07 Å². The van der Waals surface area contributed by atoms with Gasteiger partial charge in [0, 0.05) is 28.8 Å². The highest BCUT2D eigenvalue weighted by atomic mass is 127. The first kappa shape index (κ1) is 21.6. The number of amides is 1. The molecule has 2 fully saturated rings. The third-order valence-electron chi connectivity index (χ3n) is 6.56. The first-order valence-electron chi connectivity index (χ1n) is 10.0. The molecule has 168 valence electrons. The summed E-state index contributed by atoms with van der Waals surface area (Å²) < 4.78 is 2.64. The van der Waals surface area contributed by atoms with Crippen LogP contribution in [0.25, 0.3) is 11.2 Å². The minimum atomic E-state index is -1.17. The second-order valence-corrected chi connectivity index (χ2v) is 9.73. The Morgan fingerprint density at radius 2 is 2.19 bits per heavy atom. The summed E-state index contributed by atoms with van der Waals surface area (Å²) in [5.74, 6) is -0.0482. The van der Waals surface area contributed by atoms with Gasteiger partial charge in [0.2, 0.25) is 11.2 Å². The highest BCUT2D eigenvalue weighted by Gasteiger charge is 2.75. The van der Waals surface area contributed by atoms with E-state index in [0.29, 0.717) is 35.6 Å². The number of aromatic nitrogens is 4. The Kier molecular flexibility index (Phi) is 5.19. The molecule has 2 saturated carbocycles. The number of imidazole rings is 1. The van der Waals surface area contributed by atoms with Gasteiger partial charge in [-0.2, -0.15) is 9.97 Å². The number of aliphatic hydroxyl groups is 2. The van der Waals surface area contributed by atoms with E-state index < -0.39 is 23.7 Å². The molecule has 2 aliphatic carbocycles. The molecule has 5 atom stereocenters. The van der Waals surface area contributed by atoms with E-state index in [-0.39, 0.29) is 17.1 Å². The predicted molar refractivity (Wildman–Crippen MR) is 127 cm³/mol. The first-order chi connectivity index (χ1) is 15.3. The van der Waals surface area contributed by atoms with E-state index in [1.807, 2.05) is 18.2 Å². The molecule has 2 aromatic heterocycles. The minimum Gasteiger partial charge on any atom is -0.398 e. The number of nitrogen functional groups attached to an aromatic ring is 1. The molecule has 3 aromatic rings. The largest absolute Gasteiger partial charge is 0.398 e. The van der Waals surface area contributed by atoms with Crippen LogP contribution < -0.4 is 16.4 Å². The molecule has 1 aromatic carbocycles. The van der Waals surface area contributed by atoms with Gasteiger partial charge in [0.15, 0.2) is 17.0 Å². The Balaban J connectivity index is 1.47. The Labute approximate surface area is 201 Å². The Bertz CT molecular complexity index is 1240. The fourth-order valence-electron chi connectivity index (χ4n) is 4.88. The molecule has 12 heteroatoms.